The number of carbonyl (C=O) groups is 1. The van der Waals surface area contributed by atoms with Gasteiger partial charge in [-0.2, -0.15) is 0 Å². The van der Waals surface area contributed by atoms with Crippen LogP contribution in [-0.2, 0) is 4.79 Å². The summed E-state index contributed by atoms with van der Waals surface area (Å²) < 4.78 is 7.57. The second-order valence-corrected chi connectivity index (χ2v) is 5.95. The van der Waals surface area contributed by atoms with Gasteiger partial charge in [-0.15, -0.1) is 10.2 Å². The first kappa shape index (κ1) is 17.7. The topological polar surface area (TPSA) is 69.0 Å². The van der Waals surface area contributed by atoms with Gasteiger partial charge in [0, 0.05) is 30.1 Å². The van der Waals surface area contributed by atoms with E-state index in [0.717, 1.165) is 24.3 Å². The Morgan fingerprint density at radius 1 is 1.04 bits per heavy atom. The molecule has 0 unspecified atom stereocenters. The summed E-state index contributed by atoms with van der Waals surface area (Å²) in [6.07, 6.45) is 5.47. The summed E-state index contributed by atoms with van der Waals surface area (Å²) in [5.74, 6) is 1.86. The molecule has 134 valence electrons. The van der Waals surface area contributed by atoms with Crippen LogP contribution in [0.5, 0.6) is 11.6 Å². The van der Waals surface area contributed by atoms with E-state index in [1.165, 1.54) is 0 Å². The van der Waals surface area contributed by atoms with Crippen molar-refractivity contribution in [2.24, 2.45) is 5.92 Å². The molecule has 2 heterocycles. The Morgan fingerprint density at radius 2 is 1.73 bits per heavy atom. The quantitative estimate of drug-likeness (QED) is 0.684. The molecule has 0 saturated heterocycles. The molecule has 1 amide bonds. The molecule has 6 heteroatoms. The van der Waals surface area contributed by atoms with Crippen LogP contribution in [0.2, 0.25) is 0 Å². The van der Waals surface area contributed by atoms with Crippen LogP contribution < -0.4 is 10.1 Å². The molecule has 0 saturated carbocycles. The Labute approximate surface area is 152 Å². The normalized spacial score (nSPS) is 10.7. The number of carbonyl (C=O) groups excluding carboxylic acids is 1. The highest BCUT2D eigenvalue weighted by atomic mass is 16.5. The van der Waals surface area contributed by atoms with Gasteiger partial charge in [-0.25, -0.2) is 0 Å². The predicted molar refractivity (Wildman–Crippen MR) is 101 cm³/mol. The van der Waals surface area contributed by atoms with Crippen molar-refractivity contribution in [2.75, 3.05) is 5.32 Å². The Morgan fingerprint density at radius 3 is 2.31 bits per heavy atom. The lowest BCUT2D eigenvalue weighted by molar-refractivity contribution is -0.120. The predicted octanol–water partition coefficient (Wildman–Crippen LogP) is 4.43. The Hall–Kier alpha value is -3.15. The number of hydrogen-bond acceptors (Lipinski definition) is 4. The third-order valence-electron chi connectivity index (χ3n) is 4.20. The van der Waals surface area contributed by atoms with Crippen LogP contribution >= 0.6 is 0 Å². The number of nitrogens with one attached hydrogen (secondary N) is 1. The number of aromatic nitrogens is 3. The molecule has 6 nitrogen and oxygen atoms in total. The molecule has 2 aromatic heterocycles. The van der Waals surface area contributed by atoms with Crippen molar-refractivity contribution in [3.05, 3.63) is 60.9 Å². The fraction of sp³-hybridized carbons (Fsp3) is 0.250. The zero-order valence-corrected chi connectivity index (χ0v) is 14.9. The van der Waals surface area contributed by atoms with E-state index in [4.69, 9.17) is 4.74 Å². The van der Waals surface area contributed by atoms with Gasteiger partial charge in [-0.3, -0.25) is 4.79 Å². The van der Waals surface area contributed by atoms with Crippen molar-refractivity contribution in [1.82, 2.24) is 14.8 Å². The fourth-order valence-electron chi connectivity index (χ4n) is 2.62. The average Bonchev–Trinajstić information content (AvgIpc) is 3.20. The largest absolute Gasteiger partial charge is 0.438 e. The van der Waals surface area contributed by atoms with Crippen molar-refractivity contribution in [2.45, 2.75) is 26.7 Å². The van der Waals surface area contributed by atoms with Gasteiger partial charge in [0.2, 0.25) is 11.8 Å². The third kappa shape index (κ3) is 4.27. The minimum absolute atomic E-state index is 0.0417. The van der Waals surface area contributed by atoms with E-state index < -0.39 is 0 Å². The molecule has 0 fully saturated rings. The van der Waals surface area contributed by atoms with E-state index in [0.29, 0.717) is 11.6 Å². The summed E-state index contributed by atoms with van der Waals surface area (Å²) >= 11 is 0. The smallest absolute Gasteiger partial charge is 0.238 e. The maximum atomic E-state index is 12.1. The lowest BCUT2D eigenvalue weighted by atomic mass is 10.0. The first-order valence-electron chi connectivity index (χ1n) is 8.75. The highest BCUT2D eigenvalue weighted by molar-refractivity contribution is 5.92. The molecular weight excluding hydrogens is 328 g/mol. The zero-order chi connectivity index (χ0) is 18.4. The van der Waals surface area contributed by atoms with Gasteiger partial charge in [-0.1, -0.05) is 13.8 Å². The Kier molecular flexibility index (Phi) is 5.63. The van der Waals surface area contributed by atoms with Gasteiger partial charge in [0.05, 0.1) is 0 Å². The second-order valence-electron chi connectivity index (χ2n) is 5.95. The van der Waals surface area contributed by atoms with Crippen LogP contribution in [0, 0.1) is 5.92 Å². The first-order valence-corrected chi connectivity index (χ1v) is 8.75. The van der Waals surface area contributed by atoms with E-state index in [-0.39, 0.29) is 11.8 Å². The standard InChI is InChI=1S/C20H22N4O2/c1-3-15(4-2)20(25)21-16-7-9-17(10-8-16)26-19-12-11-18(22-23-19)24-13-5-6-14-24/h5-15H,3-4H2,1-2H3,(H,21,25). The summed E-state index contributed by atoms with van der Waals surface area (Å²) in [6, 6.07) is 14.7. The average molecular weight is 350 g/mol. The van der Waals surface area contributed by atoms with Gasteiger partial charge in [0.1, 0.15) is 5.75 Å². The molecule has 1 aromatic carbocycles. The molecule has 0 aliphatic rings. The van der Waals surface area contributed by atoms with Gasteiger partial charge in [0.15, 0.2) is 5.82 Å². The molecule has 3 aromatic rings. The molecule has 0 bridgehead atoms. The van der Waals surface area contributed by atoms with Crippen LogP contribution in [0.3, 0.4) is 0 Å². The van der Waals surface area contributed by atoms with Gasteiger partial charge in [-0.05, 0) is 55.3 Å². The number of nitrogens with zero attached hydrogens (tertiary/aromatic N) is 3. The molecule has 0 radical (unpaired) electrons. The highest BCUT2D eigenvalue weighted by Crippen LogP contribution is 2.22. The van der Waals surface area contributed by atoms with E-state index in [2.05, 4.69) is 15.5 Å². The van der Waals surface area contributed by atoms with Gasteiger partial charge >= 0.3 is 0 Å². The SMILES string of the molecule is CCC(CC)C(=O)Nc1ccc(Oc2ccc(-n3cccc3)nn2)cc1. The van der Waals surface area contributed by atoms with Crippen LogP contribution in [0.25, 0.3) is 5.82 Å². The lowest BCUT2D eigenvalue weighted by Crippen LogP contribution is -2.21. The number of rotatable bonds is 7. The van der Waals surface area contributed by atoms with Crippen molar-refractivity contribution < 1.29 is 9.53 Å². The first-order chi connectivity index (χ1) is 12.7. The van der Waals surface area contributed by atoms with Gasteiger partial charge in [0.25, 0.3) is 0 Å². The minimum atomic E-state index is 0.0417. The molecule has 0 spiro atoms. The van der Waals surface area contributed by atoms with Crippen LogP contribution in [-0.4, -0.2) is 20.7 Å². The molecule has 0 aliphatic heterocycles. The van der Waals surface area contributed by atoms with Crippen molar-refractivity contribution in [3.63, 3.8) is 0 Å². The highest BCUT2D eigenvalue weighted by Gasteiger charge is 2.14. The molecule has 0 atom stereocenters. The van der Waals surface area contributed by atoms with Crippen LogP contribution in [0.1, 0.15) is 26.7 Å². The number of hydrogen-bond donors (Lipinski definition) is 1. The van der Waals surface area contributed by atoms with Crippen molar-refractivity contribution in [1.29, 1.82) is 0 Å². The summed E-state index contributed by atoms with van der Waals surface area (Å²) in [5, 5.41) is 11.2. The number of benzene rings is 1. The minimum Gasteiger partial charge on any atom is -0.438 e. The van der Waals surface area contributed by atoms with E-state index in [1.54, 1.807) is 18.2 Å². The van der Waals surface area contributed by atoms with E-state index >= 15 is 0 Å². The summed E-state index contributed by atoms with van der Waals surface area (Å²) in [6.45, 7) is 4.04. The third-order valence-corrected chi connectivity index (χ3v) is 4.20. The molecule has 3 rings (SSSR count). The van der Waals surface area contributed by atoms with Crippen LogP contribution in [0.4, 0.5) is 5.69 Å². The monoisotopic (exact) mass is 350 g/mol. The molecule has 1 N–H and O–H groups in total. The molecule has 0 aliphatic carbocycles. The molecule has 26 heavy (non-hydrogen) atoms. The van der Waals surface area contributed by atoms with Crippen LogP contribution in [0.15, 0.2) is 60.9 Å². The fourth-order valence-corrected chi connectivity index (χ4v) is 2.62. The Balaban J connectivity index is 1.61. The lowest BCUT2D eigenvalue weighted by Gasteiger charge is -2.13. The maximum absolute atomic E-state index is 12.1. The number of anilines is 1. The number of ether oxygens (including phenoxy) is 1. The van der Waals surface area contributed by atoms with E-state index in [9.17, 15) is 4.79 Å². The van der Waals surface area contributed by atoms with Crippen molar-refractivity contribution >= 4 is 11.6 Å². The van der Waals surface area contributed by atoms with Gasteiger partial charge < -0.3 is 14.6 Å². The summed E-state index contributed by atoms with van der Waals surface area (Å²) in [5.41, 5.74) is 0.753. The summed E-state index contributed by atoms with van der Waals surface area (Å²) in [4.78, 5) is 12.1. The maximum Gasteiger partial charge on any atom is 0.238 e. The Bertz CT molecular complexity index is 823. The summed E-state index contributed by atoms with van der Waals surface area (Å²) in [7, 11) is 0. The van der Waals surface area contributed by atoms with Crippen molar-refractivity contribution in [3.8, 4) is 17.4 Å². The second kappa shape index (κ2) is 8.29. The van der Waals surface area contributed by atoms with E-state index in [1.807, 2.05) is 61.1 Å². The zero-order valence-electron chi connectivity index (χ0n) is 14.9. The molecular formula is C20H22N4O2. The number of amides is 1.